The second kappa shape index (κ2) is 9.86. The zero-order valence-electron chi connectivity index (χ0n) is 16.6. The Bertz CT molecular complexity index is 821. The van der Waals surface area contributed by atoms with Gasteiger partial charge in [-0.05, 0) is 41.2 Å². The standard InChI is InChI=1S/C25H28N2O/c1-3-19(2)20-14-16-23(17-15-20)27-24(28)18-26-25(21-10-6-4-7-11-21)22-12-8-5-9-13-22/h4-17,19,25-26H,3,18H2,1-2H3,(H,27,28)/t19-/m0/s1. The molecule has 0 aliphatic carbocycles. The van der Waals surface area contributed by atoms with Gasteiger partial charge in [-0.2, -0.15) is 0 Å². The van der Waals surface area contributed by atoms with Crippen LogP contribution in [0.1, 0.15) is 48.9 Å². The third-order valence-electron chi connectivity index (χ3n) is 5.11. The first-order chi connectivity index (χ1) is 13.7. The van der Waals surface area contributed by atoms with Crippen molar-refractivity contribution < 1.29 is 4.79 Å². The van der Waals surface area contributed by atoms with E-state index in [-0.39, 0.29) is 18.5 Å². The molecule has 3 heteroatoms. The Morgan fingerprint density at radius 2 is 1.32 bits per heavy atom. The van der Waals surface area contributed by atoms with Crippen molar-refractivity contribution in [3.63, 3.8) is 0 Å². The number of carbonyl (C=O) groups is 1. The van der Waals surface area contributed by atoms with E-state index in [1.54, 1.807) is 0 Å². The maximum Gasteiger partial charge on any atom is 0.238 e. The van der Waals surface area contributed by atoms with Gasteiger partial charge in [0.05, 0.1) is 12.6 Å². The summed E-state index contributed by atoms with van der Waals surface area (Å²) in [6.45, 7) is 4.63. The van der Waals surface area contributed by atoms with E-state index in [1.807, 2.05) is 48.5 Å². The molecule has 3 aromatic rings. The number of hydrogen-bond acceptors (Lipinski definition) is 2. The maximum absolute atomic E-state index is 12.5. The van der Waals surface area contributed by atoms with Crippen LogP contribution in [0.2, 0.25) is 0 Å². The summed E-state index contributed by atoms with van der Waals surface area (Å²) < 4.78 is 0. The van der Waals surface area contributed by atoms with Gasteiger partial charge in [-0.15, -0.1) is 0 Å². The summed E-state index contributed by atoms with van der Waals surface area (Å²) in [6, 6.07) is 28.5. The van der Waals surface area contributed by atoms with Gasteiger partial charge >= 0.3 is 0 Å². The lowest BCUT2D eigenvalue weighted by atomic mass is 9.98. The van der Waals surface area contributed by atoms with Crippen LogP contribution in [-0.2, 0) is 4.79 Å². The highest BCUT2D eigenvalue weighted by atomic mass is 16.1. The molecule has 0 fully saturated rings. The highest BCUT2D eigenvalue weighted by Crippen LogP contribution is 2.22. The van der Waals surface area contributed by atoms with Gasteiger partial charge in [-0.25, -0.2) is 0 Å². The van der Waals surface area contributed by atoms with Crippen molar-refractivity contribution in [3.05, 3.63) is 102 Å². The topological polar surface area (TPSA) is 41.1 Å². The SMILES string of the molecule is CC[C@H](C)c1ccc(NC(=O)CNC(c2ccccc2)c2ccccc2)cc1. The summed E-state index contributed by atoms with van der Waals surface area (Å²) in [5.41, 5.74) is 4.40. The monoisotopic (exact) mass is 372 g/mol. The molecule has 28 heavy (non-hydrogen) atoms. The minimum absolute atomic E-state index is 0.0269. The number of anilines is 1. The molecule has 3 rings (SSSR count). The molecule has 2 N–H and O–H groups in total. The van der Waals surface area contributed by atoms with E-state index in [4.69, 9.17) is 0 Å². The largest absolute Gasteiger partial charge is 0.325 e. The molecule has 0 spiro atoms. The molecule has 3 aromatic carbocycles. The molecule has 0 unspecified atom stereocenters. The Hall–Kier alpha value is -2.91. The summed E-state index contributed by atoms with van der Waals surface area (Å²) in [4.78, 5) is 12.5. The molecule has 1 atom stereocenters. The van der Waals surface area contributed by atoms with E-state index in [0.29, 0.717) is 5.92 Å². The van der Waals surface area contributed by atoms with Gasteiger partial charge in [-0.1, -0.05) is 86.6 Å². The van der Waals surface area contributed by atoms with Crippen molar-refractivity contribution in [2.24, 2.45) is 0 Å². The lowest BCUT2D eigenvalue weighted by Crippen LogP contribution is -2.31. The lowest BCUT2D eigenvalue weighted by molar-refractivity contribution is -0.115. The van der Waals surface area contributed by atoms with Gasteiger partial charge < -0.3 is 5.32 Å². The maximum atomic E-state index is 12.5. The molecule has 0 aliphatic heterocycles. The van der Waals surface area contributed by atoms with Gasteiger partial charge in [0.1, 0.15) is 0 Å². The van der Waals surface area contributed by atoms with E-state index in [1.165, 1.54) is 5.56 Å². The fourth-order valence-corrected chi connectivity index (χ4v) is 3.25. The van der Waals surface area contributed by atoms with Gasteiger partial charge in [0.2, 0.25) is 5.91 Å². The third-order valence-corrected chi connectivity index (χ3v) is 5.11. The summed E-state index contributed by atoms with van der Waals surface area (Å²) in [5, 5.41) is 6.38. The smallest absolute Gasteiger partial charge is 0.238 e. The van der Waals surface area contributed by atoms with Crippen molar-refractivity contribution in [1.82, 2.24) is 5.32 Å². The Labute approximate surface area is 167 Å². The number of amides is 1. The van der Waals surface area contributed by atoms with Crippen LogP contribution in [0.5, 0.6) is 0 Å². The fourth-order valence-electron chi connectivity index (χ4n) is 3.25. The lowest BCUT2D eigenvalue weighted by Gasteiger charge is -2.20. The molecule has 0 saturated heterocycles. The summed E-state index contributed by atoms with van der Waals surface area (Å²) >= 11 is 0. The molecule has 144 valence electrons. The number of nitrogens with one attached hydrogen (secondary N) is 2. The normalized spacial score (nSPS) is 12.0. The first-order valence-electron chi connectivity index (χ1n) is 9.90. The van der Waals surface area contributed by atoms with Crippen LogP contribution in [-0.4, -0.2) is 12.5 Å². The molecule has 1 amide bonds. The predicted octanol–water partition coefficient (Wildman–Crippen LogP) is 5.52. The molecule has 0 bridgehead atoms. The Morgan fingerprint density at radius 1 is 0.786 bits per heavy atom. The number of carbonyl (C=O) groups excluding carboxylic acids is 1. The molecular weight excluding hydrogens is 344 g/mol. The Kier molecular flexibility index (Phi) is 6.99. The fraction of sp³-hybridized carbons (Fsp3) is 0.240. The zero-order valence-corrected chi connectivity index (χ0v) is 16.6. The van der Waals surface area contributed by atoms with Crippen molar-refractivity contribution in [1.29, 1.82) is 0 Å². The van der Waals surface area contributed by atoms with E-state index >= 15 is 0 Å². The molecule has 0 radical (unpaired) electrons. The highest BCUT2D eigenvalue weighted by Gasteiger charge is 2.14. The van der Waals surface area contributed by atoms with E-state index in [2.05, 4.69) is 60.9 Å². The Balaban J connectivity index is 1.64. The zero-order chi connectivity index (χ0) is 19.8. The average molecular weight is 373 g/mol. The van der Waals surface area contributed by atoms with E-state index < -0.39 is 0 Å². The molecule has 0 aromatic heterocycles. The van der Waals surface area contributed by atoms with Gasteiger partial charge in [0.15, 0.2) is 0 Å². The van der Waals surface area contributed by atoms with E-state index in [9.17, 15) is 4.79 Å². The molecule has 0 saturated carbocycles. The highest BCUT2D eigenvalue weighted by molar-refractivity contribution is 5.92. The predicted molar refractivity (Wildman–Crippen MR) is 117 cm³/mol. The second-order valence-electron chi connectivity index (χ2n) is 7.11. The summed E-state index contributed by atoms with van der Waals surface area (Å²) in [7, 11) is 0. The van der Waals surface area contributed by atoms with Crippen molar-refractivity contribution in [2.75, 3.05) is 11.9 Å². The van der Waals surface area contributed by atoms with E-state index in [0.717, 1.165) is 23.2 Å². The second-order valence-corrected chi connectivity index (χ2v) is 7.11. The van der Waals surface area contributed by atoms with Crippen LogP contribution in [0.25, 0.3) is 0 Å². The summed E-state index contributed by atoms with van der Waals surface area (Å²) in [6.07, 6.45) is 1.11. The molecule has 0 heterocycles. The van der Waals surface area contributed by atoms with Crippen LogP contribution in [0.3, 0.4) is 0 Å². The van der Waals surface area contributed by atoms with Crippen LogP contribution >= 0.6 is 0 Å². The van der Waals surface area contributed by atoms with Crippen molar-refractivity contribution >= 4 is 11.6 Å². The molecular formula is C25H28N2O. The van der Waals surface area contributed by atoms with Crippen molar-refractivity contribution in [2.45, 2.75) is 32.2 Å². The minimum Gasteiger partial charge on any atom is -0.325 e. The van der Waals surface area contributed by atoms with Gasteiger partial charge in [0, 0.05) is 5.69 Å². The number of benzene rings is 3. The van der Waals surface area contributed by atoms with Crippen LogP contribution < -0.4 is 10.6 Å². The van der Waals surface area contributed by atoms with Crippen LogP contribution in [0, 0.1) is 0 Å². The average Bonchev–Trinajstić information content (AvgIpc) is 2.75. The quantitative estimate of drug-likeness (QED) is 0.547. The van der Waals surface area contributed by atoms with Crippen molar-refractivity contribution in [3.8, 4) is 0 Å². The number of hydrogen-bond donors (Lipinski definition) is 2. The first-order valence-corrected chi connectivity index (χ1v) is 9.90. The Morgan fingerprint density at radius 3 is 1.82 bits per heavy atom. The minimum atomic E-state index is -0.0480. The molecule has 3 nitrogen and oxygen atoms in total. The number of rotatable bonds is 8. The van der Waals surface area contributed by atoms with Gasteiger partial charge in [-0.3, -0.25) is 10.1 Å². The van der Waals surface area contributed by atoms with Crippen LogP contribution in [0.15, 0.2) is 84.9 Å². The van der Waals surface area contributed by atoms with Gasteiger partial charge in [0.25, 0.3) is 0 Å². The molecule has 0 aliphatic rings. The third kappa shape index (κ3) is 5.30. The summed E-state index contributed by atoms with van der Waals surface area (Å²) in [5.74, 6) is 0.483. The van der Waals surface area contributed by atoms with Crippen LogP contribution in [0.4, 0.5) is 5.69 Å². The first kappa shape index (κ1) is 19.8.